The van der Waals surface area contributed by atoms with Crippen LogP contribution in [0.2, 0.25) is 0 Å². The summed E-state index contributed by atoms with van der Waals surface area (Å²) in [5.74, 6) is 0.672. The minimum atomic E-state index is -0.256. The fourth-order valence-corrected chi connectivity index (χ4v) is 3.12. The summed E-state index contributed by atoms with van der Waals surface area (Å²) in [5, 5.41) is 12.4. The third-order valence-corrected chi connectivity index (χ3v) is 4.08. The lowest BCUT2D eigenvalue weighted by atomic mass is 10.0. The molecule has 0 bridgehead atoms. The van der Waals surface area contributed by atoms with Crippen LogP contribution >= 0.6 is 0 Å². The molecule has 5 nitrogen and oxygen atoms in total. The van der Waals surface area contributed by atoms with Gasteiger partial charge in [0.15, 0.2) is 12.0 Å². The van der Waals surface area contributed by atoms with E-state index < -0.39 is 0 Å². The lowest BCUT2D eigenvalue weighted by Gasteiger charge is -2.25. The highest BCUT2D eigenvalue weighted by molar-refractivity contribution is 6.11. The molecular formula is C16H10N4O. The first-order chi connectivity index (χ1) is 10.3. The Morgan fingerprint density at radius 3 is 2.57 bits per heavy atom. The monoisotopic (exact) mass is 274 g/mol. The zero-order chi connectivity index (χ0) is 14.0. The maximum atomic E-state index is 12.5. The Balaban J connectivity index is 1.72. The predicted molar refractivity (Wildman–Crippen MR) is 77.8 cm³/mol. The van der Waals surface area contributed by atoms with Crippen molar-refractivity contribution in [2.75, 3.05) is 0 Å². The molecule has 3 heterocycles. The van der Waals surface area contributed by atoms with Crippen LogP contribution in [0, 0.1) is 0 Å². The van der Waals surface area contributed by atoms with Crippen molar-refractivity contribution < 1.29 is 4.79 Å². The average molecular weight is 274 g/mol. The van der Waals surface area contributed by atoms with Crippen LogP contribution in [0.5, 0.6) is 0 Å². The highest BCUT2D eigenvalue weighted by Gasteiger charge is 2.47. The molecule has 0 N–H and O–H groups in total. The van der Waals surface area contributed by atoms with Crippen molar-refractivity contribution in [3.8, 4) is 0 Å². The lowest BCUT2D eigenvalue weighted by Crippen LogP contribution is -2.31. The summed E-state index contributed by atoms with van der Waals surface area (Å²) >= 11 is 0. The predicted octanol–water partition coefficient (Wildman–Crippen LogP) is 2.17. The number of amidine groups is 1. The van der Waals surface area contributed by atoms with Gasteiger partial charge in [-0.05, 0) is 6.07 Å². The molecule has 2 aromatic carbocycles. The van der Waals surface area contributed by atoms with E-state index in [9.17, 15) is 4.79 Å². The van der Waals surface area contributed by atoms with E-state index in [4.69, 9.17) is 0 Å². The summed E-state index contributed by atoms with van der Waals surface area (Å²) in [6, 6.07) is 15.6. The second-order valence-corrected chi connectivity index (χ2v) is 5.21. The normalized spacial score (nSPS) is 20.9. The number of hydrogen-bond donors (Lipinski definition) is 0. The van der Waals surface area contributed by atoms with Crippen LogP contribution in [0.4, 0.5) is 0 Å². The Hall–Kier alpha value is -2.95. The lowest BCUT2D eigenvalue weighted by molar-refractivity contribution is 0.0666. The van der Waals surface area contributed by atoms with Gasteiger partial charge in [0.2, 0.25) is 0 Å². The number of carbonyl (C=O) groups excluding carboxylic acids is 1. The Morgan fingerprint density at radius 1 is 0.905 bits per heavy atom. The average Bonchev–Trinajstić information content (AvgIpc) is 3.05. The number of fused-ring (bicyclic) bond motifs is 7. The highest BCUT2D eigenvalue weighted by Crippen LogP contribution is 2.42. The zero-order valence-corrected chi connectivity index (χ0v) is 11.0. The van der Waals surface area contributed by atoms with Gasteiger partial charge in [-0.15, -0.1) is 5.10 Å². The number of benzene rings is 2. The fraction of sp³-hybridized carbons (Fsp3) is 0.0625. The van der Waals surface area contributed by atoms with E-state index in [2.05, 4.69) is 10.2 Å². The van der Waals surface area contributed by atoms with Gasteiger partial charge in [-0.2, -0.15) is 10.1 Å². The highest BCUT2D eigenvalue weighted by atomic mass is 16.2. The maximum absolute atomic E-state index is 12.5. The largest absolute Gasteiger partial charge is 0.276 e. The molecule has 5 heteroatoms. The van der Waals surface area contributed by atoms with Crippen LogP contribution in [0.25, 0.3) is 0 Å². The van der Waals surface area contributed by atoms with Crippen molar-refractivity contribution >= 4 is 18.0 Å². The molecule has 3 aliphatic heterocycles. The van der Waals surface area contributed by atoms with Crippen LogP contribution in [0.3, 0.4) is 0 Å². The topological polar surface area (TPSA) is 48.3 Å². The first kappa shape index (κ1) is 10.8. The molecule has 0 aliphatic carbocycles. The molecule has 21 heavy (non-hydrogen) atoms. The molecule has 1 unspecified atom stereocenters. The second-order valence-electron chi connectivity index (χ2n) is 5.21. The molecule has 0 fully saturated rings. The van der Waals surface area contributed by atoms with Gasteiger partial charge in [0, 0.05) is 22.3 Å². The molecule has 0 aromatic heterocycles. The van der Waals surface area contributed by atoms with Gasteiger partial charge in [0.25, 0.3) is 5.91 Å². The maximum Gasteiger partial charge on any atom is 0.276 e. The van der Waals surface area contributed by atoms with Crippen molar-refractivity contribution in [1.29, 1.82) is 0 Å². The number of rotatable bonds is 0. The summed E-state index contributed by atoms with van der Waals surface area (Å²) in [4.78, 5) is 12.5. The molecule has 100 valence electrons. The van der Waals surface area contributed by atoms with Crippen LogP contribution in [0.1, 0.15) is 33.2 Å². The number of carbonyl (C=O) groups is 1. The first-order valence-electron chi connectivity index (χ1n) is 6.78. The molecule has 0 saturated heterocycles. The Kier molecular flexibility index (Phi) is 1.84. The van der Waals surface area contributed by atoms with Gasteiger partial charge in [0.05, 0.1) is 6.21 Å². The molecule has 5 rings (SSSR count). The van der Waals surface area contributed by atoms with Crippen molar-refractivity contribution in [3.63, 3.8) is 0 Å². The summed E-state index contributed by atoms with van der Waals surface area (Å²) < 4.78 is 0. The summed E-state index contributed by atoms with van der Waals surface area (Å²) in [7, 11) is 0. The van der Waals surface area contributed by atoms with Crippen molar-refractivity contribution in [2.45, 2.75) is 6.17 Å². The molecule has 3 aliphatic rings. The van der Waals surface area contributed by atoms with E-state index in [1.54, 1.807) is 0 Å². The molecule has 2 aromatic rings. The van der Waals surface area contributed by atoms with Crippen LogP contribution in [-0.2, 0) is 0 Å². The summed E-state index contributed by atoms with van der Waals surface area (Å²) in [5.41, 5.74) is 3.69. The molecule has 1 amide bonds. The van der Waals surface area contributed by atoms with E-state index in [0.29, 0.717) is 5.56 Å². The Labute approximate surface area is 120 Å². The number of hydrazone groups is 2. The van der Waals surface area contributed by atoms with Gasteiger partial charge in [-0.25, -0.2) is 5.01 Å². The summed E-state index contributed by atoms with van der Waals surface area (Å²) in [6.07, 6.45) is 1.57. The first-order valence-corrected chi connectivity index (χ1v) is 6.78. The Morgan fingerprint density at radius 2 is 1.67 bits per heavy atom. The van der Waals surface area contributed by atoms with Crippen molar-refractivity contribution in [1.82, 2.24) is 10.0 Å². The van der Waals surface area contributed by atoms with Crippen molar-refractivity contribution in [2.24, 2.45) is 10.2 Å². The minimum absolute atomic E-state index is 0.0646. The van der Waals surface area contributed by atoms with E-state index >= 15 is 0 Å². The fourth-order valence-electron chi connectivity index (χ4n) is 3.12. The van der Waals surface area contributed by atoms with Gasteiger partial charge >= 0.3 is 0 Å². The third-order valence-electron chi connectivity index (χ3n) is 4.08. The van der Waals surface area contributed by atoms with Crippen LogP contribution < -0.4 is 0 Å². The van der Waals surface area contributed by atoms with E-state index in [0.717, 1.165) is 22.5 Å². The number of hydrogen-bond acceptors (Lipinski definition) is 4. The van der Waals surface area contributed by atoms with Gasteiger partial charge in [-0.3, -0.25) is 4.79 Å². The van der Waals surface area contributed by atoms with Crippen molar-refractivity contribution in [3.05, 3.63) is 70.8 Å². The van der Waals surface area contributed by atoms with Gasteiger partial charge in [0.1, 0.15) is 0 Å². The number of amides is 1. The third kappa shape index (κ3) is 1.23. The van der Waals surface area contributed by atoms with Crippen LogP contribution in [-0.4, -0.2) is 28.0 Å². The summed E-state index contributed by atoms with van der Waals surface area (Å²) in [6.45, 7) is 0. The molecule has 0 radical (unpaired) electrons. The Bertz CT molecular complexity index is 855. The van der Waals surface area contributed by atoms with Crippen LogP contribution in [0.15, 0.2) is 58.7 Å². The smallest absolute Gasteiger partial charge is 0.267 e. The number of nitrogens with zero attached hydrogens (tertiary/aromatic N) is 4. The van der Waals surface area contributed by atoms with Gasteiger partial charge < -0.3 is 0 Å². The van der Waals surface area contributed by atoms with Gasteiger partial charge in [-0.1, -0.05) is 42.5 Å². The molecule has 0 spiro atoms. The van der Waals surface area contributed by atoms with E-state index in [-0.39, 0.29) is 12.1 Å². The standard InChI is InChI=1S/C16H10N4O/c21-16-13-8-4-3-7-12(13)15-19-14(18-20(15)16)11-6-2-1-5-10(11)9-17-19/h1-9,15H. The molecular weight excluding hydrogens is 264 g/mol. The quantitative estimate of drug-likeness (QED) is 0.739. The second kappa shape index (κ2) is 3.58. The SMILES string of the molecule is O=C1c2ccccc2C2N1N=C1c3ccccc3C=NN12. The molecule has 0 saturated carbocycles. The van der Waals surface area contributed by atoms with E-state index in [1.807, 2.05) is 59.8 Å². The minimum Gasteiger partial charge on any atom is -0.267 e. The zero-order valence-electron chi connectivity index (χ0n) is 11.0. The molecule has 1 atom stereocenters. The van der Waals surface area contributed by atoms with E-state index in [1.165, 1.54) is 5.01 Å².